The molecule has 6 nitrogen and oxygen atoms in total. The number of carbonyl (C=O) groups is 1. The number of halogens is 1. The van der Waals surface area contributed by atoms with Crippen LogP contribution in [0.1, 0.15) is 17.4 Å². The molecule has 7 heteroatoms. The summed E-state index contributed by atoms with van der Waals surface area (Å²) >= 11 is 3.13. The summed E-state index contributed by atoms with van der Waals surface area (Å²) in [5, 5.41) is 8.92. The van der Waals surface area contributed by atoms with Crippen molar-refractivity contribution in [1.82, 2.24) is 4.98 Å². The van der Waals surface area contributed by atoms with E-state index in [4.69, 9.17) is 18.7 Å². The molecule has 2 heterocycles. The van der Waals surface area contributed by atoms with Crippen LogP contribution in [0, 0.1) is 0 Å². The molecule has 0 atom stereocenters. The lowest BCUT2D eigenvalue weighted by molar-refractivity contribution is 0.0683. The zero-order valence-corrected chi connectivity index (χ0v) is 10.4. The van der Waals surface area contributed by atoms with Crippen molar-refractivity contribution in [1.29, 1.82) is 0 Å². The van der Waals surface area contributed by atoms with E-state index in [0.717, 1.165) is 0 Å². The zero-order chi connectivity index (χ0) is 12.4. The summed E-state index contributed by atoms with van der Waals surface area (Å²) in [6.45, 7) is 2.01. The van der Waals surface area contributed by atoms with Crippen molar-refractivity contribution in [3.8, 4) is 17.6 Å². The van der Waals surface area contributed by atoms with Gasteiger partial charge in [-0.3, -0.25) is 0 Å². The second-order valence-corrected chi connectivity index (χ2v) is 3.78. The number of oxazole rings is 1. The largest absolute Gasteiger partial charge is 0.476 e. The third-order valence-corrected chi connectivity index (χ3v) is 2.28. The fourth-order valence-electron chi connectivity index (χ4n) is 1.20. The first kappa shape index (κ1) is 11.7. The summed E-state index contributed by atoms with van der Waals surface area (Å²) in [6.07, 6.45) is 0. The quantitative estimate of drug-likeness (QED) is 0.934. The average molecular weight is 302 g/mol. The van der Waals surface area contributed by atoms with E-state index < -0.39 is 5.97 Å². The van der Waals surface area contributed by atoms with Gasteiger partial charge in [0, 0.05) is 0 Å². The van der Waals surface area contributed by atoms with Crippen molar-refractivity contribution in [2.75, 3.05) is 6.61 Å². The highest BCUT2D eigenvalue weighted by atomic mass is 79.9. The fourth-order valence-corrected chi connectivity index (χ4v) is 1.51. The molecule has 0 saturated heterocycles. The van der Waals surface area contributed by atoms with Crippen LogP contribution in [0.25, 0.3) is 11.7 Å². The van der Waals surface area contributed by atoms with Crippen LogP contribution >= 0.6 is 15.9 Å². The third-order valence-electron chi connectivity index (χ3n) is 1.86. The Morgan fingerprint density at radius 2 is 2.29 bits per heavy atom. The molecule has 17 heavy (non-hydrogen) atoms. The summed E-state index contributed by atoms with van der Waals surface area (Å²) in [5.41, 5.74) is -0.269. The van der Waals surface area contributed by atoms with Crippen LogP contribution in [-0.2, 0) is 0 Å². The summed E-state index contributed by atoms with van der Waals surface area (Å²) in [6, 6.07) is 3.26. The molecular formula is C10H8BrNO5. The Bertz CT molecular complexity index is 545. The topological polar surface area (TPSA) is 85.7 Å². The van der Waals surface area contributed by atoms with E-state index in [1.165, 1.54) is 0 Å². The van der Waals surface area contributed by atoms with Gasteiger partial charge < -0.3 is 18.7 Å². The van der Waals surface area contributed by atoms with Gasteiger partial charge in [0.05, 0.1) is 6.61 Å². The van der Waals surface area contributed by atoms with E-state index in [9.17, 15) is 4.79 Å². The molecule has 0 aromatic carbocycles. The summed E-state index contributed by atoms with van der Waals surface area (Å²) < 4.78 is 15.9. The second-order valence-electron chi connectivity index (χ2n) is 3.00. The molecule has 0 fully saturated rings. The molecule has 90 valence electrons. The van der Waals surface area contributed by atoms with Gasteiger partial charge in [-0.25, -0.2) is 4.79 Å². The van der Waals surface area contributed by atoms with Crippen LogP contribution in [0.5, 0.6) is 5.95 Å². The normalized spacial score (nSPS) is 10.5. The monoisotopic (exact) mass is 301 g/mol. The lowest BCUT2D eigenvalue weighted by atomic mass is 10.4. The minimum Gasteiger partial charge on any atom is -0.476 e. The maximum atomic E-state index is 10.9. The molecule has 0 radical (unpaired) electrons. The molecule has 1 N–H and O–H groups in total. The van der Waals surface area contributed by atoms with Crippen molar-refractivity contribution in [3.63, 3.8) is 0 Å². The second kappa shape index (κ2) is 4.62. The van der Waals surface area contributed by atoms with Gasteiger partial charge in [0.1, 0.15) is 0 Å². The van der Waals surface area contributed by atoms with Gasteiger partial charge in [-0.1, -0.05) is 0 Å². The summed E-state index contributed by atoms with van der Waals surface area (Å²) in [7, 11) is 0. The van der Waals surface area contributed by atoms with Crippen LogP contribution in [0.3, 0.4) is 0 Å². The smallest absolute Gasteiger partial charge is 0.362 e. The number of carboxylic acids is 1. The first-order chi connectivity index (χ1) is 8.11. The van der Waals surface area contributed by atoms with Gasteiger partial charge in [-0.15, -0.1) is 0 Å². The lowest BCUT2D eigenvalue weighted by Gasteiger charge is -1.96. The summed E-state index contributed by atoms with van der Waals surface area (Å²) in [5.74, 6) is -0.946. The number of carboxylic acid groups (broad SMARTS) is 1. The highest BCUT2D eigenvalue weighted by molar-refractivity contribution is 9.10. The highest BCUT2D eigenvalue weighted by Gasteiger charge is 2.23. The van der Waals surface area contributed by atoms with Crippen LogP contribution in [-0.4, -0.2) is 22.7 Å². The molecular weight excluding hydrogens is 294 g/mol. The number of nitrogens with zero attached hydrogens (tertiary/aromatic N) is 1. The molecule has 0 aliphatic rings. The average Bonchev–Trinajstić information content (AvgIpc) is 2.85. The number of aromatic nitrogens is 1. The van der Waals surface area contributed by atoms with Gasteiger partial charge in [-0.05, 0) is 35.0 Å². The first-order valence-corrected chi connectivity index (χ1v) is 5.53. The van der Waals surface area contributed by atoms with Crippen molar-refractivity contribution in [2.24, 2.45) is 0 Å². The number of furan rings is 1. The molecule has 2 aromatic rings. The van der Waals surface area contributed by atoms with Crippen molar-refractivity contribution >= 4 is 21.9 Å². The minimum absolute atomic E-state index is 0.0663. The summed E-state index contributed by atoms with van der Waals surface area (Å²) in [4.78, 5) is 14.7. The molecule has 0 amide bonds. The van der Waals surface area contributed by atoms with E-state index in [0.29, 0.717) is 10.4 Å². The highest BCUT2D eigenvalue weighted by Crippen LogP contribution is 2.29. The van der Waals surface area contributed by atoms with E-state index in [1.807, 2.05) is 0 Å². The number of hydrogen-bond donors (Lipinski definition) is 1. The molecule has 2 rings (SSSR count). The standard InChI is InChI=1S/C10H8BrNO5/c1-2-15-10-7(9(13)14)12-8(17-10)5-3-4-6(11)16-5/h3-4H,2H2,1H3,(H,13,14). The van der Waals surface area contributed by atoms with Crippen LogP contribution in [0.2, 0.25) is 0 Å². The molecule has 0 spiro atoms. The maximum absolute atomic E-state index is 10.9. The van der Waals surface area contributed by atoms with Gasteiger partial charge in [0.25, 0.3) is 5.89 Å². The molecule has 0 bridgehead atoms. The van der Waals surface area contributed by atoms with Gasteiger partial charge in [-0.2, -0.15) is 4.98 Å². The Hall–Kier alpha value is -1.76. The van der Waals surface area contributed by atoms with Crippen molar-refractivity contribution in [2.45, 2.75) is 6.92 Å². The van der Waals surface area contributed by atoms with Gasteiger partial charge in [0.15, 0.2) is 10.4 Å². The van der Waals surface area contributed by atoms with Gasteiger partial charge in [0.2, 0.25) is 5.69 Å². The van der Waals surface area contributed by atoms with E-state index >= 15 is 0 Å². The van der Waals surface area contributed by atoms with Crippen LogP contribution < -0.4 is 4.74 Å². The number of ether oxygens (including phenoxy) is 1. The molecule has 0 aliphatic heterocycles. The Kier molecular flexibility index (Phi) is 3.19. The first-order valence-electron chi connectivity index (χ1n) is 4.74. The van der Waals surface area contributed by atoms with Crippen LogP contribution in [0.4, 0.5) is 0 Å². The molecule has 0 aliphatic carbocycles. The number of aromatic carboxylic acids is 1. The fraction of sp³-hybridized carbons (Fsp3) is 0.200. The number of rotatable bonds is 4. The maximum Gasteiger partial charge on any atom is 0.362 e. The Morgan fingerprint density at radius 1 is 1.53 bits per heavy atom. The predicted octanol–water partition coefficient (Wildman–Crippen LogP) is 2.79. The molecule has 0 unspecified atom stereocenters. The predicted molar refractivity (Wildman–Crippen MR) is 60.0 cm³/mol. The Morgan fingerprint density at radius 3 is 2.82 bits per heavy atom. The molecule has 2 aromatic heterocycles. The zero-order valence-electron chi connectivity index (χ0n) is 8.77. The Balaban J connectivity index is 2.43. The number of hydrogen-bond acceptors (Lipinski definition) is 5. The van der Waals surface area contributed by atoms with Gasteiger partial charge >= 0.3 is 11.9 Å². The van der Waals surface area contributed by atoms with E-state index in [1.54, 1.807) is 19.1 Å². The van der Waals surface area contributed by atoms with Crippen molar-refractivity contribution < 1.29 is 23.5 Å². The van der Waals surface area contributed by atoms with Crippen LogP contribution in [0.15, 0.2) is 25.6 Å². The van der Waals surface area contributed by atoms with E-state index in [2.05, 4.69) is 20.9 Å². The minimum atomic E-state index is -1.21. The Labute approximate surface area is 104 Å². The SMILES string of the molecule is CCOc1oc(-c2ccc(Br)o2)nc1C(=O)O. The lowest BCUT2D eigenvalue weighted by Crippen LogP contribution is -2.01. The third kappa shape index (κ3) is 2.33. The van der Waals surface area contributed by atoms with Crippen molar-refractivity contribution in [3.05, 3.63) is 22.5 Å². The molecule has 0 saturated carbocycles. The van der Waals surface area contributed by atoms with E-state index in [-0.39, 0.29) is 24.1 Å².